The van der Waals surface area contributed by atoms with Crippen molar-refractivity contribution in [3.05, 3.63) is 64.7 Å². The summed E-state index contributed by atoms with van der Waals surface area (Å²) in [6.07, 6.45) is 1.67. The number of hydrogen-bond donors (Lipinski definition) is 1. The van der Waals surface area contributed by atoms with Crippen molar-refractivity contribution in [2.75, 3.05) is 7.11 Å². The number of aldehydes is 1. The summed E-state index contributed by atoms with van der Waals surface area (Å²) in [6.45, 7) is 3.72. The topological polar surface area (TPSA) is 55.4 Å². The number of hydrogen-bond acceptors (Lipinski definition) is 4. The zero-order valence-electron chi connectivity index (χ0n) is 15.6. The third-order valence-corrected chi connectivity index (χ3v) is 4.41. The van der Waals surface area contributed by atoms with Crippen LogP contribution in [0.2, 0.25) is 0 Å². The van der Waals surface area contributed by atoms with E-state index in [1.54, 1.807) is 12.1 Å². The molecule has 2 aromatic carbocycles. The first kappa shape index (κ1) is 20.7. The number of carbonyl (C=O) groups excluding carboxylic acids is 2. The molecule has 0 aliphatic rings. The van der Waals surface area contributed by atoms with Crippen LogP contribution < -0.4 is 10.1 Å². The molecule has 0 radical (unpaired) electrons. The van der Waals surface area contributed by atoms with E-state index in [9.17, 15) is 14.0 Å². The monoisotopic (exact) mass is 375 g/mol. The zero-order valence-corrected chi connectivity index (χ0v) is 15.6. The minimum Gasteiger partial charge on any atom is -0.496 e. The van der Waals surface area contributed by atoms with E-state index in [1.165, 1.54) is 19.2 Å². The second kappa shape index (κ2) is 9.37. The summed E-state index contributed by atoms with van der Waals surface area (Å²) in [5.74, 6) is -1.63. The average Bonchev–Trinajstić information content (AvgIpc) is 2.66. The van der Waals surface area contributed by atoms with Crippen molar-refractivity contribution in [2.45, 2.75) is 38.8 Å². The Hall–Kier alpha value is -2.60. The third-order valence-electron chi connectivity index (χ3n) is 4.41. The lowest BCUT2D eigenvalue weighted by molar-refractivity contribution is -0.108. The fraction of sp³-hybridized carbons (Fsp3) is 0.333. The van der Waals surface area contributed by atoms with E-state index in [-0.39, 0.29) is 29.0 Å². The van der Waals surface area contributed by atoms with Gasteiger partial charge in [0.25, 0.3) is 0 Å². The smallest absolute Gasteiger partial charge is 0.199 e. The molecule has 4 nitrogen and oxygen atoms in total. The molecule has 0 aliphatic heterocycles. The van der Waals surface area contributed by atoms with Gasteiger partial charge < -0.3 is 14.8 Å². The number of methoxy groups -OCH3 is 1. The first-order valence-electron chi connectivity index (χ1n) is 8.79. The van der Waals surface area contributed by atoms with Gasteiger partial charge in [-0.15, -0.1) is 0 Å². The normalized spacial score (nSPS) is 13.1. The van der Waals surface area contributed by atoms with E-state index in [0.29, 0.717) is 18.4 Å². The summed E-state index contributed by atoms with van der Waals surface area (Å²) in [5, 5.41) is 3.20. The highest BCUT2D eigenvalue weighted by Gasteiger charge is 2.25. The first-order chi connectivity index (χ1) is 12.9. The zero-order chi connectivity index (χ0) is 20.0. The molecule has 144 valence electrons. The number of rotatable bonds is 9. The predicted molar refractivity (Wildman–Crippen MR) is 99.1 cm³/mol. The van der Waals surface area contributed by atoms with Crippen molar-refractivity contribution in [3.63, 3.8) is 0 Å². The minimum atomic E-state index is -0.679. The standard InChI is InChI=1S/C21H23F2NO3/c1-4-17(24-13(2)11-12-25)16-9-10-18(27-3)19(20(16)23)21(26)14-5-7-15(22)8-6-14/h5-10,12-13,17,24H,4,11H2,1-3H3/t13-,17-/m1/s1. The Bertz CT molecular complexity index is 806. The van der Waals surface area contributed by atoms with Gasteiger partial charge in [-0.2, -0.15) is 0 Å². The summed E-state index contributed by atoms with van der Waals surface area (Å²) in [4.78, 5) is 23.5. The van der Waals surface area contributed by atoms with E-state index in [4.69, 9.17) is 4.74 Å². The maximum absolute atomic E-state index is 15.3. The van der Waals surface area contributed by atoms with Crippen molar-refractivity contribution in [1.82, 2.24) is 5.32 Å². The predicted octanol–water partition coefficient (Wildman–Crippen LogP) is 4.22. The lowest BCUT2D eigenvalue weighted by Crippen LogP contribution is -2.31. The number of ether oxygens (including phenoxy) is 1. The Morgan fingerprint density at radius 3 is 2.41 bits per heavy atom. The van der Waals surface area contributed by atoms with Gasteiger partial charge in [0.1, 0.15) is 29.2 Å². The number of carbonyl (C=O) groups is 2. The van der Waals surface area contributed by atoms with Crippen molar-refractivity contribution < 1.29 is 23.1 Å². The number of halogens is 2. The molecule has 0 heterocycles. The van der Waals surface area contributed by atoms with Gasteiger partial charge in [-0.1, -0.05) is 13.0 Å². The van der Waals surface area contributed by atoms with Crippen LogP contribution >= 0.6 is 0 Å². The Morgan fingerprint density at radius 1 is 1.19 bits per heavy atom. The SMILES string of the molecule is CC[C@@H](N[C@H](C)CC=O)c1ccc(OC)c(C(=O)c2ccc(F)cc2)c1F. The fourth-order valence-electron chi connectivity index (χ4n) is 2.95. The van der Waals surface area contributed by atoms with Crippen LogP contribution in [0.3, 0.4) is 0 Å². The molecule has 2 atom stereocenters. The van der Waals surface area contributed by atoms with Crippen LogP contribution in [-0.4, -0.2) is 25.2 Å². The molecule has 0 bridgehead atoms. The Morgan fingerprint density at radius 2 is 1.85 bits per heavy atom. The summed E-state index contributed by atoms with van der Waals surface area (Å²) in [6, 6.07) is 7.54. The lowest BCUT2D eigenvalue weighted by atomic mass is 9.95. The van der Waals surface area contributed by atoms with E-state index < -0.39 is 17.4 Å². The molecular weight excluding hydrogens is 352 g/mol. The molecule has 0 fully saturated rings. The summed E-state index contributed by atoms with van der Waals surface area (Å²) in [5.41, 5.74) is 0.299. The molecule has 2 rings (SSSR count). The van der Waals surface area contributed by atoms with E-state index in [2.05, 4.69) is 5.32 Å². The maximum Gasteiger partial charge on any atom is 0.199 e. The Balaban J connectivity index is 2.47. The van der Waals surface area contributed by atoms with E-state index >= 15 is 4.39 Å². The van der Waals surface area contributed by atoms with Gasteiger partial charge in [-0.05, 0) is 43.7 Å². The lowest BCUT2D eigenvalue weighted by Gasteiger charge is -2.23. The molecule has 0 saturated heterocycles. The largest absolute Gasteiger partial charge is 0.496 e. The third kappa shape index (κ3) is 4.77. The highest BCUT2D eigenvalue weighted by molar-refractivity contribution is 6.11. The molecule has 0 saturated carbocycles. The number of nitrogens with one attached hydrogen (secondary N) is 1. The molecule has 27 heavy (non-hydrogen) atoms. The van der Waals surface area contributed by atoms with Crippen LogP contribution in [0.4, 0.5) is 8.78 Å². The fourth-order valence-corrected chi connectivity index (χ4v) is 2.95. The second-order valence-electron chi connectivity index (χ2n) is 6.31. The quantitative estimate of drug-likeness (QED) is 0.527. The second-order valence-corrected chi connectivity index (χ2v) is 6.31. The van der Waals surface area contributed by atoms with Gasteiger partial charge in [-0.3, -0.25) is 4.79 Å². The Labute approximate surface area is 157 Å². The highest BCUT2D eigenvalue weighted by Crippen LogP contribution is 2.31. The molecule has 2 aromatic rings. The van der Waals surface area contributed by atoms with Crippen molar-refractivity contribution in [2.24, 2.45) is 0 Å². The van der Waals surface area contributed by atoms with Crippen LogP contribution in [0.25, 0.3) is 0 Å². The molecular formula is C21H23F2NO3. The van der Waals surface area contributed by atoms with Gasteiger partial charge in [0.2, 0.25) is 0 Å². The summed E-state index contributed by atoms with van der Waals surface area (Å²) < 4.78 is 33.6. The van der Waals surface area contributed by atoms with Crippen molar-refractivity contribution in [1.29, 1.82) is 0 Å². The number of ketones is 1. The average molecular weight is 375 g/mol. The molecule has 0 aromatic heterocycles. The first-order valence-corrected chi connectivity index (χ1v) is 8.79. The molecule has 0 unspecified atom stereocenters. The van der Waals surface area contributed by atoms with Gasteiger partial charge in [0.05, 0.1) is 7.11 Å². The van der Waals surface area contributed by atoms with E-state index in [0.717, 1.165) is 18.4 Å². The van der Waals surface area contributed by atoms with Crippen molar-refractivity contribution in [3.8, 4) is 5.75 Å². The van der Waals surface area contributed by atoms with Gasteiger partial charge >= 0.3 is 0 Å². The summed E-state index contributed by atoms with van der Waals surface area (Å²) >= 11 is 0. The van der Waals surface area contributed by atoms with Crippen LogP contribution in [-0.2, 0) is 4.79 Å². The van der Waals surface area contributed by atoms with Crippen molar-refractivity contribution >= 4 is 12.1 Å². The highest BCUT2D eigenvalue weighted by atomic mass is 19.1. The molecule has 0 amide bonds. The Kier molecular flexibility index (Phi) is 7.19. The van der Waals surface area contributed by atoms with Gasteiger partial charge in [0, 0.05) is 29.6 Å². The van der Waals surface area contributed by atoms with E-state index in [1.807, 2.05) is 13.8 Å². The van der Waals surface area contributed by atoms with Gasteiger partial charge in [0.15, 0.2) is 5.78 Å². The maximum atomic E-state index is 15.3. The van der Waals surface area contributed by atoms with Crippen LogP contribution in [0.5, 0.6) is 5.75 Å². The molecule has 1 N–H and O–H groups in total. The van der Waals surface area contributed by atoms with Crippen LogP contribution in [0.15, 0.2) is 36.4 Å². The summed E-state index contributed by atoms with van der Waals surface area (Å²) in [7, 11) is 1.36. The molecule has 0 spiro atoms. The van der Waals surface area contributed by atoms with Crippen LogP contribution in [0, 0.1) is 11.6 Å². The number of benzene rings is 2. The molecule has 0 aliphatic carbocycles. The molecule has 6 heteroatoms. The van der Waals surface area contributed by atoms with Crippen LogP contribution in [0.1, 0.15) is 54.2 Å². The minimum absolute atomic E-state index is 0.112. The van der Waals surface area contributed by atoms with Gasteiger partial charge in [-0.25, -0.2) is 8.78 Å².